The molecule has 3 rings (SSSR count). The lowest BCUT2D eigenvalue weighted by atomic mass is 10.1. The highest BCUT2D eigenvalue weighted by Crippen LogP contribution is 2.27. The minimum Gasteiger partial charge on any atom is -0.493 e. The Morgan fingerprint density at radius 1 is 1.14 bits per heavy atom. The number of hydrogen-bond acceptors (Lipinski definition) is 7. The average molecular weight is 385 g/mol. The molecule has 2 aromatic rings. The SMILES string of the molecule is COc1ccc(CNC(=O)C(C)N2CCN(c3cnccn3)CC2)cc1OC. The highest BCUT2D eigenvalue weighted by atomic mass is 16.5. The van der Waals surface area contributed by atoms with Crippen LogP contribution in [0.2, 0.25) is 0 Å². The van der Waals surface area contributed by atoms with Gasteiger partial charge in [-0.05, 0) is 24.6 Å². The van der Waals surface area contributed by atoms with Crippen LogP contribution in [0, 0.1) is 0 Å². The zero-order valence-electron chi connectivity index (χ0n) is 16.6. The second-order valence-corrected chi connectivity index (χ2v) is 6.67. The van der Waals surface area contributed by atoms with Gasteiger partial charge in [-0.1, -0.05) is 6.07 Å². The first-order valence-electron chi connectivity index (χ1n) is 9.36. The fourth-order valence-electron chi connectivity index (χ4n) is 3.29. The van der Waals surface area contributed by atoms with Crippen LogP contribution in [-0.2, 0) is 11.3 Å². The summed E-state index contributed by atoms with van der Waals surface area (Å²) >= 11 is 0. The first-order chi connectivity index (χ1) is 13.6. The molecular weight excluding hydrogens is 358 g/mol. The Morgan fingerprint density at radius 2 is 1.89 bits per heavy atom. The number of rotatable bonds is 7. The van der Waals surface area contributed by atoms with Gasteiger partial charge in [0.05, 0.1) is 26.5 Å². The van der Waals surface area contributed by atoms with E-state index in [1.165, 1.54) is 0 Å². The third kappa shape index (κ3) is 4.69. The molecule has 28 heavy (non-hydrogen) atoms. The topological polar surface area (TPSA) is 79.8 Å². The van der Waals surface area contributed by atoms with Gasteiger partial charge < -0.3 is 19.7 Å². The first-order valence-corrected chi connectivity index (χ1v) is 9.36. The summed E-state index contributed by atoms with van der Waals surface area (Å²) in [5.74, 6) is 2.23. The summed E-state index contributed by atoms with van der Waals surface area (Å²) in [7, 11) is 3.20. The van der Waals surface area contributed by atoms with Crippen LogP contribution < -0.4 is 19.7 Å². The molecule has 0 spiro atoms. The molecule has 1 aliphatic heterocycles. The normalized spacial score (nSPS) is 15.8. The Balaban J connectivity index is 1.50. The summed E-state index contributed by atoms with van der Waals surface area (Å²) < 4.78 is 10.6. The van der Waals surface area contributed by atoms with Crippen LogP contribution >= 0.6 is 0 Å². The number of anilines is 1. The Labute approximate surface area is 165 Å². The van der Waals surface area contributed by atoms with Gasteiger partial charge in [0.25, 0.3) is 0 Å². The number of ether oxygens (including phenoxy) is 2. The van der Waals surface area contributed by atoms with Gasteiger partial charge >= 0.3 is 0 Å². The molecule has 150 valence electrons. The molecule has 1 aromatic heterocycles. The average Bonchev–Trinajstić information content (AvgIpc) is 2.77. The molecule has 1 saturated heterocycles. The standard InChI is InChI=1S/C20H27N5O3/c1-15(24-8-10-25(11-9-24)19-14-21-6-7-22-19)20(26)23-13-16-4-5-17(27-2)18(12-16)28-3/h4-7,12,14-15H,8-11,13H2,1-3H3,(H,23,26). The second kappa shape index (κ2) is 9.36. The Morgan fingerprint density at radius 3 is 2.54 bits per heavy atom. The third-order valence-electron chi connectivity index (χ3n) is 5.03. The second-order valence-electron chi connectivity index (χ2n) is 6.67. The molecule has 1 unspecified atom stereocenters. The molecule has 1 atom stereocenters. The lowest BCUT2D eigenvalue weighted by molar-refractivity contribution is -0.126. The lowest BCUT2D eigenvalue weighted by Gasteiger charge is -2.37. The van der Waals surface area contributed by atoms with Crippen LogP contribution in [0.1, 0.15) is 12.5 Å². The summed E-state index contributed by atoms with van der Waals surface area (Å²) in [6, 6.07) is 5.45. The predicted molar refractivity (Wildman–Crippen MR) is 107 cm³/mol. The minimum atomic E-state index is -0.191. The number of carbonyl (C=O) groups is 1. The molecule has 8 nitrogen and oxygen atoms in total. The van der Waals surface area contributed by atoms with Crippen LogP contribution in [0.4, 0.5) is 5.82 Å². The van der Waals surface area contributed by atoms with Crippen molar-refractivity contribution in [1.29, 1.82) is 0 Å². The molecule has 1 fully saturated rings. The molecule has 2 heterocycles. The van der Waals surface area contributed by atoms with Crippen molar-refractivity contribution >= 4 is 11.7 Å². The minimum absolute atomic E-state index is 0.0164. The van der Waals surface area contributed by atoms with E-state index in [1.807, 2.05) is 25.1 Å². The fourth-order valence-corrected chi connectivity index (χ4v) is 3.29. The summed E-state index contributed by atoms with van der Waals surface area (Å²) in [6.45, 7) is 5.66. The zero-order chi connectivity index (χ0) is 19.9. The van der Waals surface area contributed by atoms with Crippen molar-refractivity contribution < 1.29 is 14.3 Å². The van der Waals surface area contributed by atoms with Gasteiger partial charge in [0.1, 0.15) is 5.82 Å². The highest BCUT2D eigenvalue weighted by molar-refractivity contribution is 5.81. The lowest BCUT2D eigenvalue weighted by Crippen LogP contribution is -2.54. The smallest absolute Gasteiger partial charge is 0.237 e. The predicted octanol–water partition coefficient (Wildman–Crippen LogP) is 1.32. The largest absolute Gasteiger partial charge is 0.493 e. The summed E-state index contributed by atoms with van der Waals surface area (Å²) in [6.07, 6.45) is 5.14. The molecule has 8 heteroatoms. The Hall–Kier alpha value is -2.87. The van der Waals surface area contributed by atoms with Crippen LogP contribution in [0.25, 0.3) is 0 Å². The number of hydrogen-bond donors (Lipinski definition) is 1. The van der Waals surface area contributed by atoms with Crippen molar-refractivity contribution in [3.05, 3.63) is 42.4 Å². The van der Waals surface area contributed by atoms with Gasteiger partial charge in [-0.15, -0.1) is 0 Å². The van der Waals surface area contributed by atoms with Gasteiger partial charge in [-0.3, -0.25) is 14.7 Å². The molecule has 1 aromatic carbocycles. The number of piperazine rings is 1. The molecule has 0 saturated carbocycles. The molecule has 1 amide bonds. The van der Waals surface area contributed by atoms with E-state index in [0.29, 0.717) is 18.0 Å². The zero-order valence-corrected chi connectivity index (χ0v) is 16.6. The Kier molecular flexibility index (Phi) is 6.65. The molecule has 0 aliphatic carbocycles. The number of carbonyl (C=O) groups excluding carboxylic acids is 1. The van der Waals surface area contributed by atoms with E-state index in [0.717, 1.165) is 37.6 Å². The van der Waals surface area contributed by atoms with Gasteiger partial charge in [0.15, 0.2) is 11.5 Å². The monoisotopic (exact) mass is 385 g/mol. The third-order valence-corrected chi connectivity index (χ3v) is 5.03. The van der Waals surface area contributed by atoms with E-state index in [-0.39, 0.29) is 11.9 Å². The van der Waals surface area contributed by atoms with E-state index in [9.17, 15) is 4.79 Å². The van der Waals surface area contributed by atoms with Crippen LogP contribution in [-0.4, -0.2) is 67.2 Å². The maximum absolute atomic E-state index is 12.6. The van der Waals surface area contributed by atoms with E-state index in [1.54, 1.807) is 32.8 Å². The van der Waals surface area contributed by atoms with Crippen molar-refractivity contribution in [1.82, 2.24) is 20.2 Å². The van der Waals surface area contributed by atoms with E-state index < -0.39 is 0 Å². The number of amides is 1. The van der Waals surface area contributed by atoms with Crippen LogP contribution in [0.5, 0.6) is 11.5 Å². The van der Waals surface area contributed by atoms with Crippen molar-refractivity contribution in [2.45, 2.75) is 19.5 Å². The molecular formula is C20H27N5O3. The summed E-state index contributed by atoms with van der Waals surface area (Å²) in [4.78, 5) is 25.4. The number of nitrogens with one attached hydrogen (secondary N) is 1. The number of benzene rings is 1. The number of nitrogens with zero attached hydrogens (tertiary/aromatic N) is 4. The number of methoxy groups -OCH3 is 2. The van der Waals surface area contributed by atoms with Crippen molar-refractivity contribution in [2.75, 3.05) is 45.3 Å². The number of aromatic nitrogens is 2. The maximum Gasteiger partial charge on any atom is 0.237 e. The quantitative estimate of drug-likeness (QED) is 0.770. The van der Waals surface area contributed by atoms with E-state index >= 15 is 0 Å². The summed E-state index contributed by atoms with van der Waals surface area (Å²) in [5, 5.41) is 3.01. The molecule has 0 bridgehead atoms. The van der Waals surface area contributed by atoms with E-state index in [4.69, 9.17) is 9.47 Å². The first kappa shape index (κ1) is 19.9. The van der Waals surface area contributed by atoms with Gasteiger partial charge in [-0.2, -0.15) is 0 Å². The maximum atomic E-state index is 12.6. The molecule has 1 aliphatic rings. The van der Waals surface area contributed by atoms with E-state index in [2.05, 4.69) is 25.1 Å². The summed E-state index contributed by atoms with van der Waals surface area (Å²) in [5.41, 5.74) is 0.964. The van der Waals surface area contributed by atoms with Crippen LogP contribution in [0.3, 0.4) is 0 Å². The fraction of sp³-hybridized carbons (Fsp3) is 0.450. The van der Waals surface area contributed by atoms with Gasteiger partial charge in [0, 0.05) is 45.1 Å². The molecule has 0 radical (unpaired) electrons. The van der Waals surface area contributed by atoms with Crippen molar-refractivity contribution in [3.8, 4) is 11.5 Å². The molecule has 1 N–H and O–H groups in total. The van der Waals surface area contributed by atoms with Crippen molar-refractivity contribution in [2.24, 2.45) is 0 Å². The van der Waals surface area contributed by atoms with Crippen LogP contribution in [0.15, 0.2) is 36.8 Å². The highest BCUT2D eigenvalue weighted by Gasteiger charge is 2.26. The van der Waals surface area contributed by atoms with Gasteiger partial charge in [-0.25, -0.2) is 4.98 Å². The Bertz CT molecular complexity index is 779. The van der Waals surface area contributed by atoms with Crippen molar-refractivity contribution in [3.63, 3.8) is 0 Å². The van der Waals surface area contributed by atoms with Gasteiger partial charge in [0.2, 0.25) is 5.91 Å².